The summed E-state index contributed by atoms with van der Waals surface area (Å²) in [7, 11) is 0. The van der Waals surface area contributed by atoms with Crippen LogP contribution in [0.5, 0.6) is 0 Å². The highest BCUT2D eigenvalue weighted by Gasteiger charge is 2.34. The van der Waals surface area contributed by atoms with Crippen LogP contribution in [-0.2, 0) is 0 Å². The standard InChI is InChI=1S/C20H14BrN3O3S/c21-15-8-6-13(7-9-15)17-12-18(14-3-1-4-16(11-14)24(26)27)23(22-17)20(25)19-5-2-10-28-19/h1-11,18H,12H2/t18-/m1/s1. The van der Waals surface area contributed by atoms with Crippen molar-refractivity contribution >= 4 is 44.6 Å². The van der Waals surface area contributed by atoms with Crippen LogP contribution in [0.25, 0.3) is 0 Å². The molecule has 1 atom stereocenters. The minimum absolute atomic E-state index is 0.00175. The van der Waals surface area contributed by atoms with E-state index >= 15 is 0 Å². The fourth-order valence-corrected chi connectivity index (χ4v) is 4.05. The lowest BCUT2D eigenvalue weighted by atomic mass is 9.98. The minimum Gasteiger partial charge on any atom is -0.266 e. The molecule has 28 heavy (non-hydrogen) atoms. The number of thiophene rings is 1. The van der Waals surface area contributed by atoms with Gasteiger partial charge in [0.2, 0.25) is 0 Å². The Morgan fingerprint density at radius 2 is 1.96 bits per heavy atom. The summed E-state index contributed by atoms with van der Waals surface area (Å²) in [5.41, 5.74) is 2.38. The average molecular weight is 456 g/mol. The van der Waals surface area contributed by atoms with Gasteiger partial charge in [0, 0.05) is 23.0 Å². The molecule has 3 aromatic rings. The summed E-state index contributed by atoms with van der Waals surface area (Å²) in [6.07, 6.45) is 0.486. The third-order valence-electron chi connectivity index (χ3n) is 4.49. The second-order valence-electron chi connectivity index (χ2n) is 6.25. The highest BCUT2D eigenvalue weighted by molar-refractivity contribution is 9.10. The summed E-state index contributed by atoms with van der Waals surface area (Å²) in [5, 5.41) is 19.1. The van der Waals surface area contributed by atoms with Crippen LogP contribution in [0.3, 0.4) is 0 Å². The molecule has 0 saturated carbocycles. The monoisotopic (exact) mass is 455 g/mol. The van der Waals surface area contributed by atoms with E-state index < -0.39 is 11.0 Å². The molecule has 2 heterocycles. The Balaban J connectivity index is 1.74. The maximum Gasteiger partial charge on any atom is 0.284 e. The van der Waals surface area contributed by atoms with Crippen LogP contribution in [-0.4, -0.2) is 21.6 Å². The van der Waals surface area contributed by atoms with Crippen LogP contribution in [0.15, 0.2) is 75.6 Å². The van der Waals surface area contributed by atoms with E-state index in [0.717, 1.165) is 15.7 Å². The molecule has 8 heteroatoms. The summed E-state index contributed by atoms with van der Waals surface area (Å²) in [6.45, 7) is 0. The zero-order valence-corrected chi connectivity index (χ0v) is 16.9. The van der Waals surface area contributed by atoms with E-state index in [0.29, 0.717) is 16.9 Å². The summed E-state index contributed by atoms with van der Waals surface area (Å²) in [6, 6.07) is 17.3. The second-order valence-corrected chi connectivity index (χ2v) is 8.12. The predicted octanol–water partition coefficient (Wildman–Crippen LogP) is 5.41. The van der Waals surface area contributed by atoms with Gasteiger partial charge in [0.25, 0.3) is 11.6 Å². The van der Waals surface area contributed by atoms with E-state index in [-0.39, 0.29) is 11.6 Å². The maximum atomic E-state index is 13.0. The molecule has 2 aromatic carbocycles. The van der Waals surface area contributed by atoms with Crippen molar-refractivity contribution in [3.63, 3.8) is 0 Å². The molecule has 0 spiro atoms. The van der Waals surface area contributed by atoms with Crippen molar-refractivity contribution in [1.29, 1.82) is 0 Å². The van der Waals surface area contributed by atoms with Gasteiger partial charge < -0.3 is 0 Å². The largest absolute Gasteiger partial charge is 0.284 e. The first-order valence-electron chi connectivity index (χ1n) is 8.48. The molecule has 140 valence electrons. The predicted molar refractivity (Wildman–Crippen MR) is 112 cm³/mol. The minimum atomic E-state index is -0.430. The molecule has 0 aliphatic carbocycles. The number of hydrogen-bond donors (Lipinski definition) is 0. The van der Waals surface area contributed by atoms with Crippen LogP contribution in [0, 0.1) is 10.1 Å². The Morgan fingerprint density at radius 3 is 2.64 bits per heavy atom. The smallest absolute Gasteiger partial charge is 0.266 e. The van der Waals surface area contributed by atoms with Gasteiger partial charge in [-0.2, -0.15) is 5.10 Å². The first kappa shape index (κ1) is 18.5. The Morgan fingerprint density at radius 1 is 1.18 bits per heavy atom. The quantitative estimate of drug-likeness (QED) is 0.389. The Labute approximate surface area is 173 Å². The van der Waals surface area contributed by atoms with Crippen molar-refractivity contribution in [1.82, 2.24) is 5.01 Å². The highest BCUT2D eigenvalue weighted by Crippen LogP contribution is 2.35. The lowest BCUT2D eigenvalue weighted by Gasteiger charge is -2.21. The number of nitrogens with zero attached hydrogens (tertiary/aromatic N) is 3. The lowest BCUT2D eigenvalue weighted by molar-refractivity contribution is -0.384. The fourth-order valence-electron chi connectivity index (χ4n) is 3.13. The van der Waals surface area contributed by atoms with Gasteiger partial charge in [0.1, 0.15) is 0 Å². The van der Waals surface area contributed by atoms with Crippen LogP contribution in [0.2, 0.25) is 0 Å². The number of nitro groups is 1. The number of benzene rings is 2. The van der Waals surface area contributed by atoms with Crippen molar-refractivity contribution in [2.24, 2.45) is 5.10 Å². The van der Waals surface area contributed by atoms with Crippen LogP contribution in [0.1, 0.15) is 33.3 Å². The Kier molecular flexibility index (Phi) is 5.06. The topological polar surface area (TPSA) is 75.8 Å². The number of non-ortho nitro benzene ring substituents is 1. The number of rotatable bonds is 4. The van der Waals surface area contributed by atoms with Gasteiger partial charge in [-0.25, -0.2) is 5.01 Å². The number of amides is 1. The molecule has 1 aliphatic rings. The van der Waals surface area contributed by atoms with Crippen molar-refractivity contribution < 1.29 is 9.72 Å². The highest BCUT2D eigenvalue weighted by atomic mass is 79.9. The number of nitro benzene ring substituents is 1. The molecule has 6 nitrogen and oxygen atoms in total. The summed E-state index contributed by atoms with van der Waals surface area (Å²) >= 11 is 4.77. The van der Waals surface area contributed by atoms with Crippen molar-refractivity contribution in [3.05, 3.63) is 96.6 Å². The average Bonchev–Trinajstić information content (AvgIpc) is 3.38. The molecule has 1 aliphatic heterocycles. The molecule has 0 radical (unpaired) electrons. The fraction of sp³-hybridized carbons (Fsp3) is 0.100. The van der Waals surface area contributed by atoms with Gasteiger partial charge in [0.15, 0.2) is 0 Å². The van der Waals surface area contributed by atoms with Crippen LogP contribution >= 0.6 is 27.3 Å². The molecule has 0 bridgehead atoms. The first-order valence-corrected chi connectivity index (χ1v) is 10.1. The third-order valence-corrected chi connectivity index (χ3v) is 5.88. The van der Waals surface area contributed by atoms with Crippen LogP contribution in [0.4, 0.5) is 5.69 Å². The Hall–Kier alpha value is -2.84. The SMILES string of the molecule is O=C(c1cccs1)N1N=C(c2ccc(Br)cc2)C[C@@H]1c1cccc([N+](=O)[O-])c1. The van der Waals surface area contributed by atoms with E-state index in [9.17, 15) is 14.9 Å². The van der Waals surface area contributed by atoms with E-state index in [4.69, 9.17) is 0 Å². The second kappa shape index (κ2) is 7.65. The zero-order valence-electron chi connectivity index (χ0n) is 14.5. The number of hydrazone groups is 1. The van der Waals surface area contributed by atoms with Crippen molar-refractivity contribution in [2.75, 3.05) is 0 Å². The third kappa shape index (κ3) is 3.61. The number of halogens is 1. The summed E-state index contributed by atoms with van der Waals surface area (Å²) < 4.78 is 0.955. The van der Waals surface area contributed by atoms with Gasteiger partial charge in [-0.05, 0) is 34.7 Å². The van der Waals surface area contributed by atoms with E-state index in [2.05, 4.69) is 21.0 Å². The molecule has 0 fully saturated rings. The molecule has 0 unspecified atom stereocenters. The van der Waals surface area contributed by atoms with Gasteiger partial charge in [0.05, 0.1) is 21.6 Å². The van der Waals surface area contributed by atoms with Gasteiger partial charge in [-0.1, -0.05) is 46.3 Å². The molecule has 1 aromatic heterocycles. The maximum absolute atomic E-state index is 13.0. The van der Waals surface area contributed by atoms with Crippen molar-refractivity contribution in [2.45, 2.75) is 12.5 Å². The van der Waals surface area contributed by atoms with Gasteiger partial charge in [-0.3, -0.25) is 14.9 Å². The molecule has 4 rings (SSSR count). The number of carbonyl (C=O) groups excluding carboxylic acids is 1. The Bertz CT molecular complexity index is 1060. The van der Waals surface area contributed by atoms with Crippen molar-refractivity contribution in [3.8, 4) is 0 Å². The number of hydrogen-bond acceptors (Lipinski definition) is 5. The van der Waals surface area contributed by atoms with E-state index in [1.165, 1.54) is 28.5 Å². The van der Waals surface area contributed by atoms with E-state index in [1.807, 2.05) is 35.7 Å². The van der Waals surface area contributed by atoms with E-state index in [1.54, 1.807) is 18.2 Å². The van der Waals surface area contributed by atoms with Crippen LogP contribution < -0.4 is 0 Å². The molecule has 0 N–H and O–H groups in total. The summed E-state index contributed by atoms with van der Waals surface area (Å²) in [4.78, 5) is 24.4. The number of carbonyl (C=O) groups is 1. The molecular formula is C20H14BrN3O3S. The van der Waals surface area contributed by atoms with Gasteiger partial charge in [-0.15, -0.1) is 11.3 Å². The van der Waals surface area contributed by atoms with Gasteiger partial charge >= 0.3 is 0 Å². The molecule has 1 amide bonds. The first-order chi connectivity index (χ1) is 13.5. The normalized spacial score (nSPS) is 16.1. The summed E-state index contributed by atoms with van der Waals surface area (Å²) in [5.74, 6) is -0.210. The molecular weight excluding hydrogens is 442 g/mol. The molecule has 0 saturated heterocycles. The zero-order chi connectivity index (χ0) is 19.7. The lowest BCUT2D eigenvalue weighted by Crippen LogP contribution is -2.26.